The summed E-state index contributed by atoms with van der Waals surface area (Å²) in [5, 5.41) is 13.1. The first kappa shape index (κ1) is 28.0. The van der Waals surface area contributed by atoms with Crippen molar-refractivity contribution >= 4 is 28.9 Å². The van der Waals surface area contributed by atoms with Crippen LogP contribution in [0.3, 0.4) is 0 Å². The number of carbonyl (C=O) groups excluding carboxylic acids is 1. The van der Waals surface area contributed by atoms with Gasteiger partial charge in [0.1, 0.15) is 0 Å². The molecule has 0 aliphatic heterocycles. The van der Waals surface area contributed by atoms with E-state index in [-0.39, 0.29) is 5.97 Å². The van der Waals surface area contributed by atoms with Gasteiger partial charge in [0.2, 0.25) is 0 Å². The Morgan fingerprint density at radius 2 is 1.71 bits per heavy atom. The van der Waals surface area contributed by atoms with Crippen LogP contribution in [0.1, 0.15) is 39.5 Å². The van der Waals surface area contributed by atoms with Crippen LogP contribution in [0.25, 0.3) is 10.8 Å². The van der Waals surface area contributed by atoms with Gasteiger partial charge in [-0.1, -0.05) is 60.7 Å². The number of nitrogens with two attached hydrogens (primary N) is 1. The molecule has 0 aliphatic carbocycles. The van der Waals surface area contributed by atoms with Gasteiger partial charge in [0.15, 0.2) is 0 Å². The fourth-order valence-corrected chi connectivity index (χ4v) is 3.90. The summed E-state index contributed by atoms with van der Waals surface area (Å²) in [7, 11) is 0. The molecule has 0 atom stereocenters. The maximum Gasteiger partial charge on any atom is 0.490 e. The smallest absolute Gasteiger partial charge is 0.475 e. The fraction of sp³-hybridized carbons (Fsp3) is 0.179. The number of hydrogen-bond acceptors (Lipinski definition) is 5. The van der Waals surface area contributed by atoms with Crippen molar-refractivity contribution in [2.24, 2.45) is 10.9 Å². The zero-order valence-electron chi connectivity index (χ0n) is 20.5. The van der Waals surface area contributed by atoms with Gasteiger partial charge < -0.3 is 20.3 Å². The Hall–Kier alpha value is -4.60. The predicted octanol–water partition coefficient (Wildman–Crippen LogP) is 5.38. The highest BCUT2D eigenvalue weighted by Crippen LogP contribution is 2.23. The van der Waals surface area contributed by atoms with Crippen LogP contribution in [0.4, 0.5) is 13.2 Å². The van der Waals surface area contributed by atoms with Crippen LogP contribution in [0, 0.1) is 0 Å². The number of ether oxygens (including phenoxy) is 1. The molecule has 38 heavy (non-hydrogen) atoms. The Morgan fingerprint density at radius 3 is 2.39 bits per heavy atom. The van der Waals surface area contributed by atoms with Crippen molar-refractivity contribution < 1.29 is 32.6 Å². The Kier molecular flexibility index (Phi) is 9.26. The number of carbonyl (C=O) groups is 2. The summed E-state index contributed by atoms with van der Waals surface area (Å²) in [5.41, 5.74) is 4.73. The lowest BCUT2D eigenvalue weighted by molar-refractivity contribution is -0.192. The van der Waals surface area contributed by atoms with Crippen molar-refractivity contribution in [3.63, 3.8) is 0 Å². The van der Waals surface area contributed by atoms with Crippen LogP contribution >= 0.6 is 0 Å². The molecule has 10 heteroatoms. The number of hydrazone groups is 1. The molecule has 7 nitrogen and oxygen atoms in total. The standard InChI is InChI=1S/C26H25N3O2.C2HF3O2/c1-2-31-26(30)25-18-29(16-22-11-6-10-21-9-3-4-12-24(21)22)17-23(25)14-19-7-5-8-20(13-19)15-28-27;3-2(4,5)1(6)7/h3-13,15,17-18H,2,14,16,27H2,1H3;(H,6,7). The highest BCUT2D eigenvalue weighted by molar-refractivity contribution is 5.91. The van der Waals surface area contributed by atoms with E-state index in [4.69, 9.17) is 20.5 Å². The van der Waals surface area contributed by atoms with Gasteiger partial charge >= 0.3 is 18.1 Å². The van der Waals surface area contributed by atoms with Gasteiger partial charge in [0, 0.05) is 18.9 Å². The van der Waals surface area contributed by atoms with Crippen molar-refractivity contribution in [3.8, 4) is 0 Å². The van der Waals surface area contributed by atoms with Crippen molar-refractivity contribution in [3.05, 3.63) is 107 Å². The van der Waals surface area contributed by atoms with Gasteiger partial charge in [-0.05, 0) is 52.4 Å². The van der Waals surface area contributed by atoms with Crippen LogP contribution in [0.2, 0.25) is 0 Å². The van der Waals surface area contributed by atoms with Crippen molar-refractivity contribution in [2.75, 3.05) is 6.61 Å². The summed E-state index contributed by atoms with van der Waals surface area (Å²) in [6.07, 6.45) is 1.07. The average Bonchev–Trinajstić information content (AvgIpc) is 3.27. The number of hydrogen-bond donors (Lipinski definition) is 2. The summed E-state index contributed by atoms with van der Waals surface area (Å²) in [5.74, 6) is 2.23. The summed E-state index contributed by atoms with van der Waals surface area (Å²) < 4.78 is 39.1. The Labute approximate surface area is 217 Å². The molecule has 0 bridgehead atoms. The van der Waals surface area contributed by atoms with E-state index in [2.05, 4.69) is 46.1 Å². The van der Waals surface area contributed by atoms with Crippen LogP contribution in [0.5, 0.6) is 0 Å². The van der Waals surface area contributed by atoms with Gasteiger partial charge in [-0.2, -0.15) is 18.3 Å². The number of esters is 1. The molecular weight excluding hydrogens is 499 g/mol. The first-order valence-electron chi connectivity index (χ1n) is 11.6. The van der Waals surface area contributed by atoms with Gasteiger partial charge in [-0.15, -0.1) is 0 Å². The molecule has 1 aromatic heterocycles. The third-order valence-corrected chi connectivity index (χ3v) is 5.50. The monoisotopic (exact) mass is 525 g/mol. The minimum absolute atomic E-state index is 0.297. The van der Waals surface area contributed by atoms with Gasteiger partial charge in [0.25, 0.3) is 0 Å². The highest BCUT2D eigenvalue weighted by atomic mass is 19.4. The zero-order valence-corrected chi connectivity index (χ0v) is 20.5. The third kappa shape index (κ3) is 7.45. The molecule has 3 N–H and O–H groups in total. The molecule has 0 unspecified atom stereocenters. The largest absolute Gasteiger partial charge is 0.490 e. The number of halogens is 3. The number of carboxylic acid groups (broad SMARTS) is 1. The van der Waals surface area contributed by atoms with Crippen LogP contribution in [0.15, 0.2) is 84.2 Å². The molecular formula is C28H26F3N3O4. The maximum atomic E-state index is 12.6. The van der Waals surface area contributed by atoms with E-state index >= 15 is 0 Å². The summed E-state index contributed by atoms with van der Waals surface area (Å²) in [6, 6.07) is 22.6. The number of aromatic nitrogens is 1. The molecule has 0 fully saturated rings. The van der Waals surface area contributed by atoms with E-state index in [1.165, 1.54) is 16.3 Å². The van der Waals surface area contributed by atoms with Crippen LogP contribution < -0.4 is 5.84 Å². The Balaban J connectivity index is 0.000000505. The number of carboxylic acids is 1. The second-order valence-electron chi connectivity index (χ2n) is 8.23. The van der Waals surface area contributed by atoms with E-state index in [1.807, 2.05) is 49.6 Å². The van der Waals surface area contributed by atoms with Crippen molar-refractivity contribution in [1.29, 1.82) is 0 Å². The molecule has 0 saturated heterocycles. The third-order valence-electron chi connectivity index (χ3n) is 5.50. The minimum atomic E-state index is -5.08. The van der Waals surface area contributed by atoms with E-state index in [0.717, 1.165) is 16.7 Å². The molecule has 0 aliphatic rings. The van der Waals surface area contributed by atoms with E-state index in [1.54, 1.807) is 6.21 Å². The quantitative estimate of drug-likeness (QED) is 0.146. The van der Waals surface area contributed by atoms with Gasteiger partial charge in [-0.3, -0.25) is 0 Å². The summed E-state index contributed by atoms with van der Waals surface area (Å²) in [4.78, 5) is 21.5. The molecule has 0 amide bonds. The minimum Gasteiger partial charge on any atom is -0.475 e. The molecule has 3 aromatic carbocycles. The second-order valence-corrected chi connectivity index (χ2v) is 8.23. The van der Waals surface area contributed by atoms with Crippen LogP contribution in [-0.4, -0.2) is 40.6 Å². The summed E-state index contributed by atoms with van der Waals surface area (Å²) in [6.45, 7) is 2.84. The molecule has 198 valence electrons. The van der Waals surface area contributed by atoms with Crippen molar-refractivity contribution in [2.45, 2.75) is 26.1 Å². The SMILES string of the molecule is CCOC(=O)c1cn(Cc2cccc3ccccc23)cc1Cc1cccc(C=NN)c1.O=C(O)C(F)(F)F. The number of fused-ring (bicyclic) bond motifs is 1. The number of alkyl halides is 3. The van der Waals surface area contributed by atoms with E-state index in [9.17, 15) is 18.0 Å². The molecule has 0 spiro atoms. The predicted molar refractivity (Wildman–Crippen MR) is 138 cm³/mol. The average molecular weight is 526 g/mol. The molecule has 1 heterocycles. The molecule has 0 saturated carbocycles. The molecule has 0 radical (unpaired) electrons. The van der Waals surface area contributed by atoms with E-state index < -0.39 is 12.1 Å². The lowest BCUT2D eigenvalue weighted by Gasteiger charge is -2.07. The summed E-state index contributed by atoms with van der Waals surface area (Å²) >= 11 is 0. The fourth-order valence-electron chi connectivity index (χ4n) is 3.90. The molecule has 4 rings (SSSR count). The van der Waals surface area contributed by atoms with Crippen molar-refractivity contribution in [1.82, 2.24) is 4.57 Å². The number of aliphatic carboxylic acids is 1. The zero-order chi connectivity index (χ0) is 27.7. The van der Waals surface area contributed by atoms with E-state index in [0.29, 0.717) is 25.1 Å². The van der Waals surface area contributed by atoms with Crippen LogP contribution in [-0.2, 0) is 22.5 Å². The molecule has 4 aromatic rings. The maximum absolute atomic E-state index is 12.6. The topological polar surface area (TPSA) is 107 Å². The Bertz CT molecular complexity index is 1440. The lowest BCUT2D eigenvalue weighted by Crippen LogP contribution is -2.21. The number of nitrogens with zero attached hydrogens (tertiary/aromatic N) is 2. The number of benzene rings is 3. The van der Waals surface area contributed by atoms with Gasteiger partial charge in [0.05, 0.1) is 18.4 Å². The number of rotatable bonds is 7. The Morgan fingerprint density at radius 1 is 1.03 bits per heavy atom. The first-order valence-corrected chi connectivity index (χ1v) is 11.6. The lowest BCUT2D eigenvalue weighted by atomic mass is 10.0. The second kappa shape index (κ2) is 12.6. The normalized spacial score (nSPS) is 11.3. The first-order chi connectivity index (χ1) is 18.1. The van der Waals surface area contributed by atoms with Gasteiger partial charge in [-0.25, -0.2) is 9.59 Å². The highest BCUT2D eigenvalue weighted by Gasteiger charge is 2.38.